The van der Waals surface area contributed by atoms with Gasteiger partial charge in [0.05, 0.1) is 11.5 Å². The van der Waals surface area contributed by atoms with Crippen molar-refractivity contribution in [3.05, 3.63) is 5.82 Å². The van der Waals surface area contributed by atoms with Crippen molar-refractivity contribution in [1.29, 1.82) is 0 Å². The van der Waals surface area contributed by atoms with E-state index in [9.17, 15) is 0 Å². The average Bonchev–Trinajstić information content (AvgIpc) is 2.11. The molecule has 0 fully saturated rings. The second-order valence-electron chi connectivity index (χ2n) is 2.39. The van der Waals surface area contributed by atoms with Crippen molar-refractivity contribution in [2.24, 2.45) is 0 Å². The molecule has 0 aliphatic heterocycles. The second-order valence-corrected chi connectivity index (χ2v) is 3.37. The van der Waals surface area contributed by atoms with Crippen LogP contribution in [0.1, 0.15) is 12.7 Å². The fourth-order valence-electron chi connectivity index (χ4n) is 0.787. The quantitative estimate of drug-likeness (QED) is 0.549. The van der Waals surface area contributed by atoms with Crippen molar-refractivity contribution in [2.75, 3.05) is 17.2 Å². The monoisotopic (exact) mass is 209 g/mol. The average molecular weight is 209 g/mol. The van der Waals surface area contributed by atoms with Gasteiger partial charge in [0.15, 0.2) is 0 Å². The molecule has 0 aromatic carbocycles. The van der Waals surface area contributed by atoms with Crippen LogP contribution in [-0.4, -0.2) is 20.7 Å². The molecule has 0 bridgehead atoms. The first-order valence-corrected chi connectivity index (χ1v) is 5.11. The molecule has 0 aliphatic rings. The molecule has 1 rings (SSSR count). The topological polar surface area (TPSA) is 90.7 Å². The lowest BCUT2D eigenvalue weighted by atomic mass is 10.7. The van der Waals surface area contributed by atoms with Crippen LogP contribution in [-0.2, 0) is 5.75 Å². The summed E-state index contributed by atoms with van der Waals surface area (Å²) in [6.45, 7) is 1.81. The van der Waals surface area contributed by atoms with Crippen molar-refractivity contribution >= 4 is 23.7 Å². The minimum absolute atomic E-state index is 0.162. The zero-order valence-electron chi connectivity index (χ0n) is 7.82. The highest BCUT2D eigenvalue weighted by Gasteiger charge is 2.00. The molecule has 0 atom stereocenters. The lowest BCUT2D eigenvalue weighted by Crippen LogP contribution is -2.06. The Morgan fingerprint density at radius 1 is 1.21 bits per heavy atom. The maximum atomic E-state index is 5.41. The van der Waals surface area contributed by atoms with Crippen LogP contribution in [0.4, 0.5) is 11.9 Å². The number of nitrogens with two attached hydrogens (primary N) is 2. The summed E-state index contributed by atoms with van der Waals surface area (Å²) in [5.74, 6) is 8.05. The van der Waals surface area contributed by atoms with E-state index in [0.717, 1.165) is 5.75 Å². The van der Waals surface area contributed by atoms with E-state index in [1.807, 2.05) is 0 Å². The summed E-state index contributed by atoms with van der Waals surface area (Å²) in [6, 6.07) is 0. The zero-order chi connectivity index (χ0) is 10.4. The predicted octanol–water partition coefficient (Wildman–Crippen LogP) is 0.292. The molecule has 6 heteroatoms. The van der Waals surface area contributed by atoms with Crippen molar-refractivity contribution in [2.45, 2.75) is 12.7 Å². The van der Waals surface area contributed by atoms with Gasteiger partial charge in [0.25, 0.3) is 0 Å². The van der Waals surface area contributed by atoms with E-state index in [4.69, 9.17) is 11.5 Å². The Hall–Kier alpha value is -1.48. The molecule has 0 aliphatic carbocycles. The molecule has 4 N–H and O–H groups in total. The number of thioether (sulfide) groups is 1. The van der Waals surface area contributed by atoms with Crippen LogP contribution < -0.4 is 11.5 Å². The van der Waals surface area contributed by atoms with E-state index in [2.05, 4.69) is 26.8 Å². The molecule has 1 heterocycles. The van der Waals surface area contributed by atoms with Crippen LogP contribution in [0.5, 0.6) is 0 Å². The van der Waals surface area contributed by atoms with Gasteiger partial charge in [-0.1, -0.05) is 5.92 Å². The highest BCUT2D eigenvalue weighted by atomic mass is 32.2. The van der Waals surface area contributed by atoms with E-state index in [-0.39, 0.29) is 11.9 Å². The summed E-state index contributed by atoms with van der Waals surface area (Å²) in [6.07, 6.45) is 0. The zero-order valence-corrected chi connectivity index (χ0v) is 8.64. The Kier molecular flexibility index (Phi) is 4.01. The van der Waals surface area contributed by atoms with Gasteiger partial charge in [0, 0.05) is 0 Å². The maximum Gasteiger partial charge on any atom is 0.225 e. The van der Waals surface area contributed by atoms with E-state index < -0.39 is 0 Å². The van der Waals surface area contributed by atoms with E-state index >= 15 is 0 Å². The summed E-state index contributed by atoms with van der Waals surface area (Å²) in [7, 11) is 0. The van der Waals surface area contributed by atoms with Gasteiger partial charge in [0.1, 0.15) is 5.82 Å². The van der Waals surface area contributed by atoms with Crippen LogP contribution in [0.3, 0.4) is 0 Å². The fraction of sp³-hybridized carbons (Fsp3) is 0.375. The Labute approximate surface area is 86.7 Å². The molecule has 1 aromatic rings. The van der Waals surface area contributed by atoms with Gasteiger partial charge in [-0.3, -0.25) is 0 Å². The summed E-state index contributed by atoms with van der Waals surface area (Å²) in [4.78, 5) is 11.6. The summed E-state index contributed by atoms with van der Waals surface area (Å²) < 4.78 is 0. The highest BCUT2D eigenvalue weighted by molar-refractivity contribution is 7.98. The Morgan fingerprint density at radius 2 is 1.86 bits per heavy atom. The fourth-order valence-corrected chi connectivity index (χ4v) is 1.45. The normalized spacial score (nSPS) is 9.21. The molecule has 14 heavy (non-hydrogen) atoms. The molecule has 5 nitrogen and oxygen atoms in total. The number of hydrogen-bond acceptors (Lipinski definition) is 6. The number of hydrogen-bond donors (Lipinski definition) is 2. The first-order valence-electron chi connectivity index (χ1n) is 3.95. The number of rotatable bonds is 3. The van der Waals surface area contributed by atoms with Crippen LogP contribution >= 0.6 is 11.8 Å². The second kappa shape index (κ2) is 5.29. The molecule has 0 radical (unpaired) electrons. The van der Waals surface area contributed by atoms with Gasteiger partial charge in [-0.05, 0) is 6.92 Å². The Morgan fingerprint density at radius 3 is 2.43 bits per heavy atom. The molecule has 0 amide bonds. The number of aromatic nitrogens is 3. The van der Waals surface area contributed by atoms with Gasteiger partial charge < -0.3 is 11.5 Å². The Bertz CT molecular complexity index is 347. The van der Waals surface area contributed by atoms with Crippen LogP contribution in [0.25, 0.3) is 0 Å². The molecule has 1 aromatic heterocycles. The van der Waals surface area contributed by atoms with Crippen molar-refractivity contribution in [3.63, 3.8) is 0 Å². The molecular weight excluding hydrogens is 198 g/mol. The molecule has 0 saturated heterocycles. The smallest absolute Gasteiger partial charge is 0.225 e. The van der Waals surface area contributed by atoms with Crippen molar-refractivity contribution < 1.29 is 0 Å². The third kappa shape index (κ3) is 3.49. The number of nitrogens with zero attached hydrogens (tertiary/aromatic N) is 3. The molecule has 0 saturated carbocycles. The van der Waals surface area contributed by atoms with E-state index in [0.29, 0.717) is 11.6 Å². The molecular formula is C8H11N5S. The van der Waals surface area contributed by atoms with E-state index in [1.165, 1.54) is 0 Å². The molecule has 0 unspecified atom stereocenters. The van der Waals surface area contributed by atoms with Crippen LogP contribution in [0.2, 0.25) is 0 Å². The standard InChI is InChI=1S/C8H11N5S/c1-2-3-4-14-5-6-11-7(9)13-8(10)12-6/h4-5H2,1H3,(H4,9,10,11,12,13). The molecule has 0 spiro atoms. The van der Waals surface area contributed by atoms with Crippen molar-refractivity contribution in [1.82, 2.24) is 15.0 Å². The summed E-state index contributed by atoms with van der Waals surface area (Å²) in [5.41, 5.74) is 10.8. The third-order valence-corrected chi connectivity index (χ3v) is 2.11. The van der Waals surface area contributed by atoms with Crippen LogP contribution in [0.15, 0.2) is 0 Å². The summed E-state index contributed by atoms with van der Waals surface area (Å²) in [5, 5.41) is 0. The predicted molar refractivity (Wildman–Crippen MR) is 58.3 cm³/mol. The van der Waals surface area contributed by atoms with Gasteiger partial charge in [-0.15, -0.1) is 17.7 Å². The van der Waals surface area contributed by atoms with Gasteiger partial charge in [0.2, 0.25) is 11.9 Å². The van der Waals surface area contributed by atoms with Gasteiger partial charge >= 0.3 is 0 Å². The minimum atomic E-state index is 0.162. The highest BCUT2D eigenvalue weighted by Crippen LogP contribution is 2.08. The number of nitrogen functional groups attached to an aromatic ring is 2. The molecule has 74 valence electrons. The first-order chi connectivity index (χ1) is 6.72. The van der Waals surface area contributed by atoms with Gasteiger partial charge in [-0.2, -0.15) is 15.0 Å². The first kappa shape index (κ1) is 10.6. The SMILES string of the molecule is CC#CCSCc1nc(N)nc(N)n1. The third-order valence-electron chi connectivity index (χ3n) is 1.30. The maximum absolute atomic E-state index is 5.41. The van der Waals surface area contributed by atoms with Crippen LogP contribution in [0, 0.1) is 11.8 Å². The largest absolute Gasteiger partial charge is 0.368 e. The van der Waals surface area contributed by atoms with E-state index in [1.54, 1.807) is 18.7 Å². The Balaban J connectivity index is 2.53. The summed E-state index contributed by atoms with van der Waals surface area (Å²) >= 11 is 1.61. The lowest BCUT2D eigenvalue weighted by molar-refractivity contribution is 0.988. The van der Waals surface area contributed by atoms with Gasteiger partial charge in [-0.25, -0.2) is 0 Å². The lowest BCUT2D eigenvalue weighted by Gasteiger charge is -1.99. The minimum Gasteiger partial charge on any atom is -0.368 e. The number of anilines is 2. The van der Waals surface area contributed by atoms with Crippen molar-refractivity contribution in [3.8, 4) is 11.8 Å².